The van der Waals surface area contributed by atoms with Crippen molar-refractivity contribution in [1.82, 2.24) is 14.5 Å². The van der Waals surface area contributed by atoms with Gasteiger partial charge in [0.15, 0.2) is 0 Å². The largest absolute Gasteiger partial charge is 0.389 e. The Morgan fingerprint density at radius 3 is 2.85 bits per heavy atom. The van der Waals surface area contributed by atoms with Gasteiger partial charge in [-0.15, -0.1) is 0 Å². The topological polar surface area (TPSA) is 124 Å². The molecule has 3 aromatic rings. The number of aromatic nitrogens is 3. The van der Waals surface area contributed by atoms with Crippen molar-refractivity contribution in [1.29, 1.82) is 5.26 Å². The molecule has 0 aliphatic rings. The van der Waals surface area contributed by atoms with Crippen LogP contribution in [0, 0.1) is 11.3 Å². The van der Waals surface area contributed by atoms with E-state index < -0.39 is 17.1 Å². The van der Waals surface area contributed by atoms with Gasteiger partial charge in [-0.25, -0.2) is 4.98 Å². The maximum absolute atomic E-state index is 12.2. The van der Waals surface area contributed by atoms with Crippen LogP contribution in [0.3, 0.4) is 0 Å². The normalized spacial score (nSPS) is 11.3. The first-order valence-electron chi connectivity index (χ1n) is 7.88. The lowest BCUT2D eigenvalue weighted by atomic mass is 10.1. The Labute approximate surface area is 148 Å². The molecule has 0 saturated heterocycles. The van der Waals surface area contributed by atoms with E-state index in [1.54, 1.807) is 42.8 Å². The summed E-state index contributed by atoms with van der Waals surface area (Å²) in [6.07, 6.45) is 2.83. The Morgan fingerprint density at radius 1 is 1.42 bits per heavy atom. The summed E-state index contributed by atoms with van der Waals surface area (Å²) in [5, 5.41) is 22.7. The standard InChI is InChI=1S/C18H17N5O3/c1-18(2,26)9-23-8-11(7-19)13-5-12(3-4-15(13)23)22-17(25)14-6-16(24)21-10-20-14/h3-6,8,10,26H,9H2,1-2H3,(H,22,25)(H,20,21,24). The number of anilines is 1. The van der Waals surface area contributed by atoms with E-state index in [1.165, 1.54) is 0 Å². The minimum atomic E-state index is -0.933. The SMILES string of the molecule is CC(C)(O)Cn1cc(C#N)c2cc(NC(=O)c3cc(=O)[nH]cn3)ccc21. The van der Waals surface area contributed by atoms with Crippen LogP contribution in [0.5, 0.6) is 0 Å². The van der Waals surface area contributed by atoms with E-state index in [0.29, 0.717) is 23.2 Å². The molecular formula is C18H17N5O3. The van der Waals surface area contributed by atoms with Gasteiger partial charge in [-0.05, 0) is 32.0 Å². The van der Waals surface area contributed by atoms with Crippen molar-refractivity contribution in [3.05, 3.63) is 58.4 Å². The molecule has 8 heteroatoms. The molecule has 0 saturated carbocycles. The highest BCUT2D eigenvalue weighted by molar-refractivity contribution is 6.04. The highest BCUT2D eigenvalue weighted by atomic mass is 16.3. The summed E-state index contributed by atoms with van der Waals surface area (Å²) in [6.45, 7) is 3.70. The Kier molecular flexibility index (Phi) is 4.32. The van der Waals surface area contributed by atoms with Crippen molar-refractivity contribution in [2.75, 3.05) is 5.32 Å². The van der Waals surface area contributed by atoms with Crippen molar-refractivity contribution in [3.63, 3.8) is 0 Å². The van der Waals surface area contributed by atoms with Crippen molar-refractivity contribution < 1.29 is 9.90 Å². The van der Waals surface area contributed by atoms with Gasteiger partial charge in [-0.2, -0.15) is 5.26 Å². The van der Waals surface area contributed by atoms with E-state index in [9.17, 15) is 20.0 Å². The number of benzene rings is 1. The molecule has 0 fully saturated rings. The first kappa shape index (κ1) is 17.4. The van der Waals surface area contributed by atoms with Gasteiger partial charge in [0.05, 0.1) is 24.0 Å². The number of carbonyl (C=O) groups excluding carboxylic acids is 1. The lowest BCUT2D eigenvalue weighted by Crippen LogP contribution is -2.25. The van der Waals surface area contributed by atoms with E-state index in [2.05, 4.69) is 21.4 Å². The third-order valence-electron chi connectivity index (χ3n) is 3.73. The Balaban J connectivity index is 1.95. The predicted octanol–water partition coefficient (Wildman–Crippen LogP) is 1.62. The molecule has 1 aromatic carbocycles. The number of hydrogen-bond donors (Lipinski definition) is 3. The van der Waals surface area contributed by atoms with E-state index in [4.69, 9.17) is 0 Å². The zero-order valence-corrected chi connectivity index (χ0v) is 14.3. The van der Waals surface area contributed by atoms with Gasteiger partial charge in [0, 0.05) is 28.9 Å². The number of nitrogens with zero attached hydrogens (tertiary/aromatic N) is 3. The Bertz CT molecular complexity index is 1080. The molecule has 0 bridgehead atoms. The third-order valence-corrected chi connectivity index (χ3v) is 3.73. The minimum absolute atomic E-state index is 0.00560. The summed E-state index contributed by atoms with van der Waals surface area (Å²) < 4.78 is 1.80. The van der Waals surface area contributed by atoms with Crippen molar-refractivity contribution >= 4 is 22.5 Å². The molecule has 0 spiro atoms. The van der Waals surface area contributed by atoms with Gasteiger partial charge in [0.2, 0.25) is 0 Å². The number of amides is 1. The second kappa shape index (κ2) is 6.46. The summed E-state index contributed by atoms with van der Waals surface area (Å²) in [7, 11) is 0. The zero-order valence-electron chi connectivity index (χ0n) is 14.3. The summed E-state index contributed by atoms with van der Waals surface area (Å²) in [4.78, 5) is 29.7. The number of rotatable bonds is 4. The summed E-state index contributed by atoms with van der Waals surface area (Å²) in [5.74, 6) is -0.523. The first-order valence-corrected chi connectivity index (χ1v) is 7.88. The van der Waals surface area contributed by atoms with Crippen LogP contribution in [-0.2, 0) is 6.54 Å². The zero-order chi connectivity index (χ0) is 18.9. The smallest absolute Gasteiger partial charge is 0.274 e. The maximum Gasteiger partial charge on any atom is 0.274 e. The van der Waals surface area contributed by atoms with Gasteiger partial charge in [-0.3, -0.25) is 9.59 Å². The molecule has 0 unspecified atom stereocenters. The number of carbonyl (C=O) groups is 1. The molecule has 2 aromatic heterocycles. The van der Waals surface area contributed by atoms with Crippen LogP contribution in [0.25, 0.3) is 10.9 Å². The molecule has 3 rings (SSSR count). The maximum atomic E-state index is 12.2. The summed E-state index contributed by atoms with van der Waals surface area (Å²) >= 11 is 0. The number of fused-ring (bicyclic) bond motifs is 1. The van der Waals surface area contributed by atoms with Crippen LogP contribution < -0.4 is 10.9 Å². The number of nitriles is 1. The number of hydrogen-bond acceptors (Lipinski definition) is 5. The molecule has 0 aliphatic carbocycles. The Morgan fingerprint density at radius 2 is 2.19 bits per heavy atom. The van der Waals surface area contributed by atoms with Gasteiger partial charge in [0.25, 0.3) is 11.5 Å². The van der Waals surface area contributed by atoms with Gasteiger partial charge < -0.3 is 20.0 Å². The third kappa shape index (κ3) is 3.63. The number of nitrogens with one attached hydrogen (secondary N) is 2. The second-order valence-electron chi connectivity index (χ2n) is 6.58. The molecule has 8 nitrogen and oxygen atoms in total. The van der Waals surface area contributed by atoms with Gasteiger partial charge >= 0.3 is 0 Å². The number of H-pyrrole nitrogens is 1. The highest BCUT2D eigenvalue weighted by Gasteiger charge is 2.17. The quantitative estimate of drug-likeness (QED) is 0.659. The monoisotopic (exact) mass is 351 g/mol. The van der Waals surface area contributed by atoms with Gasteiger partial charge in [-0.1, -0.05) is 0 Å². The average molecular weight is 351 g/mol. The van der Waals surface area contributed by atoms with Crippen LogP contribution in [-0.4, -0.2) is 31.1 Å². The molecule has 0 aliphatic heterocycles. The lowest BCUT2D eigenvalue weighted by Gasteiger charge is -2.18. The number of aromatic amines is 1. The average Bonchev–Trinajstić information content (AvgIpc) is 2.90. The van der Waals surface area contributed by atoms with Crippen LogP contribution in [0.4, 0.5) is 5.69 Å². The van der Waals surface area contributed by atoms with Crippen LogP contribution >= 0.6 is 0 Å². The molecule has 0 radical (unpaired) electrons. The van der Waals surface area contributed by atoms with Crippen molar-refractivity contribution in [2.45, 2.75) is 26.0 Å². The molecule has 26 heavy (non-hydrogen) atoms. The summed E-state index contributed by atoms with van der Waals surface area (Å²) in [5.41, 5.74) is 0.329. The molecule has 1 amide bonds. The molecule has 2 heterocycles. The molecule has 132 valence electrons. The molecule has 3 N–H and O–H groups in total. The van der Waals surface area contributed by atoms with E-state index in [-0.39, 0.29) is 5.69 Å². The van der Waals surface area contributed by atoms with Crippen molar-refractivity contribution in [3.8, 4) is 6.07 Å². The van der Waals surface area contributed by atoms with E-state index in [1.807, 2.05) is 0 Å². The fraction of sp³-hybridized carbons (Fsp3) is 0.222. The van der Waals surface area contributed by atoms with E-state index >= 15 is 0 Å². The fourth-order valence-corrected chi connectivity index (χ4v) is 2.70. The van der Waals surface area contributed by atoms with Crippen LogP contribution in [0.1, 0.15) is 29.9 Å². The van der Waals surface area contributed by atoms with E-state index in [0.717, 1.165) is 17.9 Å². The number of aliphatic hydroxyl groups is 1. The molecule has 0 atom stereocenters. The van der Waals surface area contributed by atoms with Crippen LogP contribution in [0.2, 0.25) is 0 Å². The van der Waals surface area contributed by atoms with Crippen LogP contribution in [0.15, 0.2) is 41.6 Å². The lowest BCUT2D eigenvalue weighted by molar-refractivity contribution is 0.0628. The first-order chi connectivity index (χ1) is 12.3. The van der Waals surface area contributed by atoms with Crippen molar-refractivity contribution in [2.24, 2.45) is 0 Å². The Hall–Kier alpha value is -3.44. The summed E-state index contributed by atoms with van der Waals surface area (Å²) in [6, 6.07) is 8.37. The molecular weight excluding hydrogens is 334 g/mol. The predicted molar refractivity (Wildman–Crippen MR) is 95.8 cm³/mol. The second-order valence-corrected chi connectivity index (χ2v) is 6.58. The fourth-order valence-electron chi connectivity index (χ4n) is 2.70. The van der Waals surface area contributed by atoms with Gasteiger partial charge in [0.1, 0.15) is 11.8 Å². The minimum Gasteiger partial charge on any atom is -0.389 e. The highest BCUT2D eigenvalue weighted by Crippen LogP contribution is 2.26.